The van der Waals surface area contributed by atoms with Crippen LogP contribution >= 0.6 is 0 Å². The van der Waals surface area contributed by atoms with Crippen LogP contribution in [0, 0.1) is 0 Å². The highest BCUT2D eigenvalue weighted by molar-refractivity contribution is 5.94. The second kappa shape index (κ2) is 10.1. The number of carbonyl (C=O) groups is 1. The number of benzene rings is 2. The normalized spacial score (nSPS) is 15.6. The Labute approximate surface area is 167 Å². The fourth-order valence-electron chi connectivity index (χ4n) is 3.38. The van der Waals surface area contributed by atoms with Crippen molar-refractivity contribution in [1.29, 1.82) is 0 Å². The quantitative estimate of drug-likeness (QED) is 0.753. The molecule has 2 aromatic carbocycles. The molecule has 150 valence electrons. The van der Waals surface area contributed by atoms with Crippen LogP contribution in [0.15, 0.2) is 48.5 Å². The van der Waals surface area contributed by atoms with Gasteiger partial charge in [0.25, 0.3) is 5.91 Å². The molecule has 0 unspecified atom stereocenters. The number of piperidine rings is 1. The molecule has 0 aliphatic carbocycles. The number of hydrogen-bond acceptors (Lipinski definition) is 4. The van der Waals surface area contributed by atoms with E-state index in [4.69, 9.17) is 9.47 Å². The Kier molecular flexibility index (Phi) is 7.31. The predicted octanol–water partition coefficient (Wildman–Crippen LogP) is 3.88. The average Bonchev–Trinajstić information content (AvgIpc) is 2.74. The van der Waals surface area contributed by atoms with E-state index in [1.165, 1.54) is 37.9 Å². The van der Waals surface area contributed by atoms with Gasteiger partial charge in [-0.2, -0.15) is 0 Å². The Morgan fingerprint density at radius 2 is 1.64 bits per heavy atom. The molecule has 2 aromatic rings. The Balaban J connectivity index is 1.45. The molecule has 0 spiro atoms. The summed E-state index contributed by atoms with van der Waals surface area (Å²) in [5, 5.41) is 2.99. The van der Waals surface area contributed by atoms with E-state index in [-0.39, 0.29) is 11.9 Å². The van der Waals surface area contributed by atoms with Crippen molar-refractivity contribution in [1.82, 2.24) is 10.2 Å². The van der Waals surface area contributed by atoms with E-state index < -0.39 is 0 Å². The summed E-state index contributed by atoms with van der Waals surface area (Å²) in [4.78, 5) is 14.9. The van der Waals surface area contributed by atoms with E-state index in [0.29, 0.717) is 12.2 Å². The van der Waals surface area contributed by atoms with Crippen molar-refractivity contribution in [2.75, 3.05) is 26.8 Å². The molecule has 5 nitrogen and oxygen atoms in total. The van der Waals surface area contributed by atoms with Crippen LogP contribution in [0.25, 0.3) is 0 Å². The SMILES string of the molecule is COc1ccc(OC[C@@H](C)NC(=O)c2ccc(CN3CCCCC3)cc2)cc1. The fraction of sp³-hybridized carbons (Fsp3) is 0.435. The largest absolute Gasteiger partial charge is 0.497 e. The van der Waals surface area contributed by atoms with E-state index in [9.17, 15) is 4.79 Å². The third-order valence-corrected chi connectivity index (χ3v) is 5.01. The zero-order valence-corrected chi connectivity index (χ0v) is 16.8. The molecule has 1 aliphatic heterocycles. The first-order valence-corrected chi connectivity index (χ1v) is 10.0. The van der Waals surface area contributed by atoms with Gasteiger partial charge in [0, 0.05) is 12.1 Å². The minimum atomic E-state index is -0.0948. The van der Waals surface area contributed by atoms with Gasteiger partial charge in [-0.3, -0.25) is 9.69 Å². The minimum Gasteiger partial charge on any atom is -0.497 e. The van der Waals surface area contributed by atoms with Gasteiger partial charge in [0.15, 0.2) is 0 Å². The Morgan fingerprint density at radius 3 is 2.29 bits per heavy atom. The third-order valence-electron chi connectivity index (χ3n) is 5.01. The van der Waals surface area contributed by atoms with Crippen LogP contribution < -0.4 is 14.8 Å². The molecule has 0 bridgehead atoms. The van der Waals surface area contributed by atoms with Crippen LogP contribution in [0.4, 0.5) is 0 Å². The smallest absolute Gasteiger partial charge is 0.251 e. The molecule has 1 heterocycles. The highest BCUT2D eigenvalue weighted by Crippen LogP contribution is 2.17. The predicted molar refractivity (Wildman–Crippen MR) is 111 cm³/mol. The van der Waals surface area contributed by atoms with Crippen LogP contribution in [0.5, 0.6) is 11.5 Å². The van der Waals surface area contributed by atoms with Crippen molar-refractivity contribution in [3.05, 3.63) is 59.7 Å². The number of nitrogens with one attached hydrogen (secondary N) is 1. The van der Waals surface area contributed by atoms with Gasteiger partial charge in [-0.15, -0.1) is 0 Å². The number of ether oxygens (including phenoxy) is 2. The molecular weight excluding hydrogens is 352 g/mol. The topological polar surface area (TPSA) is 50.8 Å². The van der Waals surface area contributed by atoms with Gasteiger partial charge in [0.2, 0.25) is 0 Å². The standard InChI is InChI=1S/C23H30N2O3/c1-18(17-28-22-12-10-21(27-2)11-13-22)24-23(26)20-8-6-19(7-9-20)16-25-14-4-3-5-15-25/h6-13,18H,3-5,14-17H2,1-2H3,(H,24,26)/t18-/m1/s1. The van der Waals surface area contributed by atoms with Crippen molar-refractivity contribution in [2.24, 2.45) is 0 Å². The van der Waals surface area contributed by atoms with Gasteiger partial charge in [-0.1, -0.05) is 18.6 Å². The van der Waals surface area contributed by atoms with Crippen LogP contribution in [0.3, 0.4) is 0 Å². The summed E-state index contributed by atoms with van der Waals surface area (Å²) in [6.07, 6.45) is 3.92. The molecule has 0 saturated carbocycles. The van der Waals surface area contributed by atoms with E-state index in [2.05, 4.69) is 22.3 Å². The van der Waals surface area contributed by atoms with Crippen LogP contribution in [-0.4, -0.2) is 43.7 Å². The second-order valence-electron chi connectivity index (χ2n) is 7.39. The molecule has 28 heavy (non-hydrogen) atoms. The first-order valence-electron chi connectivity index (χ1n) is 10.0. The maximum Gasteiger partial charge on any atom is 0.251 e. The van der Waals surface area contributed by atoms with E-state index in [0.717, 1.165) is 18.0 Å². The second-order valence-corrected chi connectivity index (χ2v) is 7.39. The average molecular weight is 383 g/mol. The zero-order valence-electron chi connectivity index (χ0n) is 16.8. The molecule has 1 saturated heterocycles. The summed E-state index contributed by atoms with van der Waals surface area (Å²) in [7, 11) is 1.63. The number of carbonyl (C=O) groups excluding carboxylic acids is 1. The maximum atomic E-state index is 12.5. The van der Waals surface area contributed by atoms with E-state index >= 15 is 0 Å². The van der Waals surface area contributed by atoms with Crippen LogP contribution in [0.2, 0.25) is 0 Å². The zero-order chi connectivity index (χ0) is 19.8. The van der Waals surface area contributed by atoms with Gasteiger partial charge < -0.3 is 14.8 Å². The Morgan fingerprint density at radius 1 is 1.00 bits per heavy atom. The number of likely N-dealkylation sites (tertiary alicyclic amines) is 1. The summed E-state index contributed by atoms with van der Waals surface area (Å²) < 4.78 is 10.9. The fourth-order valence-corrected chi connectivity index (χ4v) is 3.38. The molecule has 1 N–H and O–H groups in total. The monoisotopic (exact) mass is 382 g/mol. The number of hydrogen-bond donors (Lipinski definition) is 1. The van der Waals surface area contributed by atoms with Crippen molar-refractivity contribution in [3.63, 3.8) is 0 Å². The lowest BCUT2D eigenvalue weighted by Crippen LogP contribution is -2.36. The molecule has 5 heteroatoms. The van der Waals surface area contributed by atoms with Crippen LogP contribution in [-0.2, 0) is 6.54 Å². The molecule has 1 fully saturated rings. The Bertz CT molecular complexity index is 737. The number of methoxy groups -OCH3 is 1. The van der Waals surface area contributed by atoms with Crippen molar-refractivity contribution < 1.29 is 14.3 Å². The van der Waals surface area contributed by atoms with E-state index in [1.807, 2.05) is 43.3 Å². The van der Waals surface area contributed by atoms with E-state index in [1.54, 1.807) is 7.11 Å². The summed E-state index contributed by atoms with van der Waals surface area (Å²) in [6, 6.07) is 15.3. The summed E-state index contributed by atoms with van der Waals surface area (Å²) >= 11 is 0. The number of rotatable bonds is 8. The highest BCUT2D eigenvalue weighted by atomic mass is 16.5. The third kappa shape index (κ3) is 5.99. The molecule has 0 aromatic heterocycles. The number of amides is 1. The first-order chi connectivity index (χ1) is 13.6. The van der Waals surface area contributed by atoms with Gasteiger partial charge >= 0.3 is 0 Å². The molecule has 1 aliphatic rings. The molecular formula is C23H30N2O3. The van der Waals surface area contributed by atoms with Gasteiger partial charge in [0.05, 0.1) is 13.2 Å². The summed E-state index contributed by atoms with van der Waals surface area (Å²) in [5.41, 5.74) is 1.94. The Hall–Kier alpha value is -2.53. The highest BCUT2D eigenvalue weighted by Gasteiger charge is 2.13. The van der Waals surface area contributed by atoms with Crippen molar-refractivity contribution >= 4 is 5.91 Å². The van der Waals surface area contributed by atoms with Gasteiger partial charge in [0.1, 0.15) is 18.1 Å². The summed E-state index contributed by atoms with van der Waals surface area (Å²) in [6.45, 7) is 5.66. The molecule has 0 radical (unpaired) electrons. The van der Waals surface area contributed by atoms with Crippen molar-refractivity contribution in [3.8, 4) is 11.5 Å². The molecule has 1 amide bonds. The molecule has 1 atom stereocenters. The van der Waals surface area contributed by atoms with Gasteiger partial charge in [-0.25, -0.2) is 0 Å². The number of nitrogens with zero attached hydrogens (tertiary/aromatic N) is 1. The van der Waals surface area contributed by atoms with Crippen LogP contribution in [0.1, 0.15) is 42.1 Å². The lowest BCUT2D eigenvalue weighted by molar-refractivity contribution is 0.0926. The lowest BCUT2D eigenvalue weighted by Gasteiger charge is -2.26. The first kappa shape index (κ1) is 20.2. The summed E-state index contributed by atoms with van der Waals surface area (Å²) in [5.74, 6) is 1.47. The van der Waals surface area contributed by atoms with Crippen molar-refractivity contribution in [2.45, 2.75) is 38.8 Å². The molecule has 3 rings (SSSR count). The maximum absolute atomic E-state index is 12.5. The minimum absolute atomic E-state index is 0.0737. The van der Waals surface area contributed by atoms with Gasteiger partial charge in [-0.05, 0) is 74.8 Å². The lowest BCUT2D eigenvalue weighted by atomic mass is 10.1.